The minimum atomic E-state index is 0.613. The van der Waals surface area contributed by atoms with Gasteiger partial charge in [-0.3, -0.25) is 0 Å². The summed E-state index contributed by atoms with van der Waals surface area (Å²) < 4.78 is 5.41. The molecule has 0 fully saturated rings. The zero-order valence-corrected chi connectivity index (χ0v) is 12.6. The van der Waals surface area contributed by atoms with E-state index in [4.69, 9.17) is 16.3 Å². The highest BCUT2D eigenvalue weighted by Crippen LogP contribution is 2.27. The van der Waals surface area contributed by atoms with Crippen LogP contribution in [0.5, 0.6) is 5.75 Å². The van der Waals surface area contributed by atoms with Gasteiger partial charge in [0.15, 0.2) is 0 Å². The van der Waals surface area contributed by atoms with Crippen LogP contribution in [-0.2, 0) is 6.42 Å². The summed E-state index contributed by atoms with van der Waals surface area (Å²) in [5, 5.41) is 4.05. The summed E-state index contributed by atoms with van der Waals surface area (Å²) >= 11 is 6.07. The third-order valence-electron chi connectivity index (χ3n) is 3.05. The van der Waals surface area contributed by atoms with E-state index >= 15 is 0 Å². The first-order chi connectivity index (χ1) is 8.56. The summed E-state index contributed by atoms with van der Waals surface area (Å²) in [4.78, 5) is 0. The lowest BCUT2D eigenvalue weighted by atomic mass is 9.90. The van der Waals surface area contributed by atoms with Crippen molar-refractivity contribution in [3.8, 4) is 5.75 Å². The maximum atomic E-state index is 6.07. The Kier molecular flexibility index (Phi) is 6.51. The molecule has 1 rings (SSSR count). The van der Waals surface area contributed by atoms with Crippen molar-refractivity contribution in [2.75, 3.05) is 20.7 Å². The average molecular weight is 270 g/mol. The predicted molar refractivity (Wildman–Crippen MR) is 78.6 cm³/mol. The van der Waals surface area contributed by atoms with E-state index in [0.717, 1.165) is 23.7 Å². The number of nitrogens with one attached hydrogen (secondary N) is 1. The first-order valence-corrected chi connectivity index (χ1v) is 6.91. The summed E-state index contributed by atoms with van der Waals surface area (Å²) in [6.45, 7) is 5.55. The lowest BCUT2D eigenvalue weighted by molar-refractivity contribution is 0.377. The van der Waals surface area contributed by atoms with Crippen LogP contribution in [0, 0.1) is 11.8 Å². The highest BCUT2D eigenvalue weighted by atomic mass is 35.5. The molecule has 1 N–H and O–H groups in total. The van der Waals surface area contributed by atoms with Crippen LogP contribution >= 0.6 is 11.6 Å². The maximum absolute atomic E-state index is 6.07. The van der Waals surface area contributed by atoms with E-state index in [0.29, 0.717) is 11.8 Å². The minimum absolute atomic E-state index is 0.613. The van der Waals surface area contributed by atoms with Gasteiger partial charge in [0.1, 0.15) is 5.75 Å². The molecule has 1 aromatic carbocycles. The van der Waals surface area contributed by atoms with Gasteiger partial charge in [-0.1, -0.05) is 25.4 Å². The molecular weight excluding hydrogens is 246 g/mol. The zero-order valence-electron chi connectivity index (χ0n) is 11.8. The van der Waals surface area contributed by atoms with Gasteiger partial charge in [-0.05, 0) is 62.0 Å². The smallest absolute Gasteiger partial charge is 0.122 e. The third-order valence-corrected chi connectivity index (χ3v) is 3.28. The number of hydrogen-bond donors (Lipinski definition) is 1. The van der Waals surface area contributed by atoms with Gasteiger partial charge in [-0.2, -0.15) is 0 Å². The second-order valence-corrected chi connectivity index (χ2v) is 5.65. The summed E-state index contributed by atoms with van der Waals surface area (Å²) in [5.74, 6) is 2.25. The van der Waals surface area contributed by atoms with Gasteiger partial charge in [-0.25, -0.2) is 0 Å². The molecule has 18 heavy (non-hydrogen) atoms. The van der Waals surface area contributed by atoms with Crippen molar-refractivity contribution >= 4 is 11.6 Å². The van der Waals surface area contributed by atoms with Crippen molar-refractivity contribution < 1.29 is 4.74 Å². The third kappa shape index (κ3) is 4.87. The maximum Gasteiger partial charge on any atom is 0.122 e. The quantitative estimate of drug-likeness (QED) is 0.814. The second-order valence-electron chi connectivity index (χ2n) is 5.21. The van der Waals surface area contributed by atoms with E-state index in [2.05, 4.69) is 19.2 Å². The molecule has 2 nitrogen and oxygen atoms in total. The SMILES string of the molecule is CNCC(Cc1cc(Cl)ccc1OC)CC(C)C. The summed E-state index contributed by atoms with van der Waals surface area (Å²) in [6.07, 6.45) is 2.21. The molecule has 0 aliphatic rings. The lowest BCUT2D eigenvalue weighted by Gasteiger charge is -2.20. The van der Waals surface area contributed by atoms with Crippen LogP contribution in [0.15, 0.2) is 18.2 Å². The molecule has 0 amide bonds. The molecule has 0 saturated heterocycles. The van der Waals surface area contributed by atoms with Crippen molar-refractivity contribution in [2.24, 2.45) is 11.8 Å². The lowest BCUT2D eigenvalue weighted by Crippen LogP contribution is -2.22. The predicted octanol–water partition coefficient (Wildman–Crippen LogP) is 3.77. The molecule has 1 aromatic rings. The molecule has 0 aliphatic heterocycles. The topological polar surface area (TPSA) is 21.3 Å². The molecule has 3 heteroatoms. The first-order valence-electron chi connectivity index (χ1n) is 6.53. The number of rotatable bonds is 7. The fourth-order valence-electron chi connectivity index (χ4n) is 2.41. The van der Waals surface area contributed by atoms with Crippen LogP contribution in [0.25, 0.3) is 0 Å². The van der Waals surface area contributed by atoms with Crippen molar-refractivity contribution in [3.05, 3.63) is 28.8 Å². The Bertz CT molecular complexity index is 366. The number of methoxy groups -OCH3 is 1. The van der Waals surface area contributed by atoms with Crippen molar-refractivity contribution in [1.29, 1.82) is 0 Å². The highest BCUT2D eigenvalue weighted by molar-refractivity contribution is 6.30. The van der Waals surface area contributed by atoms with Crippen LogP contribution in [-0.4, -0.2) is 20.7 Å². The first kappa shape index (κ1) is 15.3. The van der Waals surface area contributed by atoms with Gasteiger partial charge in [0.25, 0.3) is 0 Å². The molecular formula is C15H24ClNO. The minimum Gasteiger partial charge on any atom is -0.496 e. The Labute approximate surface area is 116 Å². The molecule has 1 unspecified atom stereocenters. The number of hydrogen-bond acceptors (Lipinski definition) is 2. The number of ether oxygens (including phenoxy) is 1. The van der Waals surface area contributed by atoms with E-state index in [-0.39, 0.29) is 0 Å². The largest absolute Gasteiger partial charge is 0.496 e. The van der Waals surface area contributed by atoms with Gasteiger partial charge in [-0.15, -0.1) is 0 Å². The molecule has 0 aromatic heterocycles. The van der Waals surface area contributed by atoms with Crippen molar-refractivity contribution in [1.82, 2.24) is 5.32 Å². The van der Waals surface area contributed by atoms with E-state index in [1.54, 1.807) is 7.11 Å². The Morgan fingerprint density at radius 3 is 2.61 bits per heavy atom. The highest BCUT2D eigenvalue weighted by Gasteiger charge is 2.14. The molecule has 1 atom stereocenters. The van der Waals surface area contributed by atoms with Crippen LogP contribution in [0.4, 0.5) is 0 Å². The monoisotopic (exact) mass is 269 g/mol. The Balaban J connectivity index is 2.81. The van der Waals surface area contributed by atoms with Crippen LogP contribution in [0.2, 0.25) is 5.02 Å². The molecule has 0 spiro atoms. The van der Waals surface area contributed by atoms with Gasteiger partial charge < -0.3 is 10.1 Å². The van der Waals surface area contributed by atoms with Crippen LogP contribution < -0.4 is 10.1 Å². The fraction of sp³-hybridized carbons (Fsp3) is 0.600. The van der Waals surface area contributed by atoms with E-state index in [1.165, 1.54) is 12.0 Å². The normalized spacial score (nSPS) is 12.8. The molecule has 0 bridgehead atoms. The molecule has 0 heterocycles. The summed E-state index contributed by atoms with van der Waals surface area (Å²) in [6, 6.07) is 5.84. The molecule has 0 saturated carbocycles. The van der Waals surface area contributed by atoms with Crippen molar-refractivity contribution in [3.63, 3.8) is 0 Å². The Hall–Kier alpha value is -0.730. The van der Waals surface area contributed by atoms with Gasteiger partial charge in [0.05, 0.1) is 7.11 Å². The van der Waals surface area contributed by atoms with Gasteiger partial charge in [0, 0.05) is 5.02 Å². The van der Waals surface area contributed by atoms with E-state index < -0.39 is 0 Å². The van der Waals surface area contributed by atoms with E-state index in [9.17, 15) is 0 Å². The summed E-state index contributed by atoms with van der Waals surface area (Å²) in [7, 11) is 3.71. The summed E-state index contributed by atoms with van der Waals surface area (Å²) in [5.41, 5.74) is 1.20. The van der Waals surface area contributed by atoms with Crippen LogP contribution in [0.3, 0.4) is 0 Å². The zero-order chi connectivity index (χ0) is 13.5. The number of benzene rings is 1. The molecule has 102 valence electrons. The second kappa shape index (κ2) is 7.65. The van der Waals surface area contributed by atoms with Crippen molar-refractivity contribution in [2.45, 2.75) is 26.7 Å². The fourth-order valence-corrected chi connectivity index (χ4v) is 2.61. The van der Waals surface area contributed by atoms with Crippen LogP contribution in [0.1, 0.15) is 25.8 Å². The number of halogens is 1. The molecule has 0 radical (unpaired) electrons. The molecule has 0 aliphatic carbocycles. The van der Waals surface area contributed by atoms with E-state index in [1.807, 2.05) is 25.2 Å². The standard InChI is InChI=1S/C15H24ClNO/c1-11(2)7-12(10-17-3)8-13-9-14(16)5-6-15(13)18-4/h5-6,9,11-12,17H,7-8,10H2,1-4H3. The van der Waals surface area contributed by atoms with Gasteiger partial charge in [0.2, 0.25) is 0 Å². The average Bonchev–Trinajstić information content (AvgIpc) is 2.28. The Morgan fingerprint density at radius 2 is 2.06 bits per heavy atom. The van der Waals surface area contributed by atoms with Gasteiger partial charge >= 0.3 is 0 Å². The Morgan fingerprint density at radius 1 is 1.33 bits per heavy atom.